The predicted octanol–water partition coefficient (Wildman–Crippen LogP) is 12.4. The van der Waals surface area contributed by atoms with E-state index in [0.29, 0.717) is 0 Å². The van der Waals surface area contributed by atoms with Crippen molar-refractivity contribution >= 4 is 44.6 Å². The summed E-state index contributed by atoms with van der Waals surface area (Å²) in [5.41, 5.74) is 23.8. The second-order valence-electron chi connectivity index (χ2n) is 18.9. The molecule has 0 atom stereocenters. The molecule has 55 heavy (non-hydrogen) atoms. The first-order valence-corrected chi connectivity index (χ1v) is 20.4. The molecule has 0 bridgehead atoms. The van der Waals surface area contributed by atoms with Gasteiger partial charge < -0.3 is 0 Å². The Morgan fingerprint density at radius 3 is 1.44 bits per heavy atom. The zero-order chi connectivity index (χ0) is 39.1. The molecule has 1 aliphatic carbocycles. The summed E-state index contributed by atoms with van der Waals surface area (Å²) in [6, 6.07) is 40.5. The molecule has 0 aromatic heterocycles. The topological polar surface area (TPSA) is 0 Å². The first-order valence-electron chi connectivity index (χ1n) is 20.4. The minimum absolute atomic E-state index is 0.0468. The summed E-state index contributed by atoms with van der Waals surface area (Å²) in [6.45, 7) is 27.9. The smallest absolute Gasteiger partial charge is 0.0642 e. The molecule has 0 aliphatic heterocycles. The monoisotopic (exact) mass is 716 g/mol. The van der Waals surface area contributed by atoms with Gasteiger partial charge in [-0.1, -0.05) is 194 Å². The number of aryl methyl sites for hydroxylation is 8. The summed E-state index contributed by atoms with van der Waals surface area (Å²) in [7, 11) is 0. The lowest BCUT2D eigenvalue weighted by Gasteiger charge is -2.31. The highest BCUT2D eigenvalue weighted by Crippen LogP contribution is 2.44. The van der Waals surface area contributed by atoms with E-state index in [-0.39, 0.29) is 17.5 Å². The molecule has 0 amide bonds. The van der Waals surface area contributed by atoms with Crippen LogP contribution in [-0.2, 0) is 23.7 Å². The minimum atomic E-state index is 0.0468. The van der Waals surface area contributed by atoms with Gasteiger partial charge in [0, 0.05) is 0 Å². The quantitative estimate of drug-likeness (QED) is 0.123. The maximum atomic E-state index is 2.62. The molecule has 8 rings (SSSR count). The van der Waals surface area contributed by atoms with Crippen LogP contribution in [0.25, 0.3) is 43.8 Å². The predicted molar refractivity (Wildman–Crippen MR) is 243 cm³/mol. The maximum Gasteiger partial charge on any atom is 0.242 e. The molecule has 0 fully saturated rings. The van der Waals surface area contributed by atoms with Crippen molar-refractivity contribution in [2.24, 2.45) is 0 Å². The Kier molecular flexibility index (Phi) is 9.04. The van der Waals surface area contributed by atoms with Crippen molar-refractivity contribution in [3.63, 3.8) is 0 Å². The molecule has 1 aliphatic rings. The summed E-state index contributed by atoms with van der Waals surface area (Å²) >= 11 is 0. The SMILES string of the molecule is Cc1cc(C)c(B(c2cc(-c3cccc(C(C)(C)C)c3)c3ccc4ccc(-c5cccc(C(C)(C)C)c5)c5c4c3c2CC5)c2c(C)cc(C)cc2C)c(C)c1. The van der Waals surface area contributed by atoms with Crippen LogP contribution in [-0.4, -0.2) is 6.71 Å². The number of hydrogen-bond donors (Lipinski definition) is 0. The van der Waals surface area contributed by atoms with Crippen molar-refractivity contribution in [1.82, 2.24) is 0 Å². The van der Waals surface area contributed by atoms with E-state index in [9.17, 15) is 0 Å². The summed E-state index contributed by atoms with van der Waals surface area (Å²) < 4.78 is 0. The minimum Gasteiger partial charge on any atom is -0.0642 e. The average Bonchev–Trinajstić information content (AvgIpc) is 3.11. The van der Waals surface area contributed by atoms with Crippen molar-refractivity contribution in [3.8, 4) is 22.3 Å². The summed E-state index contributed by atoms with van der Waals surface area (Å²) in [5.74, 6) is 0. The van der Waals surface area contributed by atoms with Gasteiger partial charge in [0.05, 0.1) is 0 Å². The van der Waals surface area contributed by atoms with Gasteiger partial charge in [0.2, 0.25) is 6.71 Å². The summed E-state index contributed by atoms with van der Waals surface area (Å²) in [4.78, 5) is 0. The standard InChI is InChI=1S/C54H57B/c1-32-25-34(3)51(35(4)26-32)55(52-36(5)27-33(2)28-37(52)6)48-31-47(40-16-14-18-42(30-40)54(10,11)12)45-22-20-38-19-21-43(44-23-24-46(48)50(45)49(38)44)39-15-13-17-41(29-39)53(7,8)9/h13-22,25-31H,23-24H2,1-12H3. The third kappa shape index (κ3) is 6.44. The Labute approximate surface area is 331 Å². The Hall–Kier alpha value is -4.88. The van der Waals surface area contributed by atoms with Crippen LogP contribution in [0.1, 0.15) is 97.2 Å². The lowest BCUT2D eigenvalue weighted by atomic mass is 9.33. The first-order chi connectivity index (χ1) is 26.0. The molecule has 0 radical (unpaired) electrons. The van der Waals surface area contributed by atoms with Crippen molar-refractivity contribution in [3.05, 3.63) is 159 Å². The van der Waals surface area contributed by atoms with E-state index in [0.717, 1.165) is 12.8 Å². The zero-order valence-corrected chi connectivity index (χ0v) is 35.3. The second-order valence-corrected chi connectivity index (χ2v) is 18.9. The molecule has 0 spiro atoms. The van der Waals surface area contributed by atoms with E-state index in [4.69, 9.17) is 0 Å². The Balaban J connectivity index is 1.54. The molecule has 7 aromatic carbocycles. The van der Waals surface area contributed by atoms with E-state index in [1.54, 1.807) is 0 Å². The van der Waals surface area contributed by atoms with Gasteiger partial charge in [0.25, 0.3) is 0 Å². The molecule has 0 nitrogen and oxygen atoms in total. The fourth-order valence-electron chi connectivity index (χ4n) is 10.1. The van der Waals surface area contributed by atoms with Gasteiger partial charge in [-0.05, 0) is 131 Å². The van der Waals surface area contributed by atoms with Crippen LogP contribution in [0.5, 0.6) is 0 Å². The van der Waals surface area contributed by atoms with Crippen molar-refractivity contribution < 1.29 is 0 Å². The van der Waals surface area contributed by atoms with Crippen LogP contribution in [0, 0.1) is 41.5 Å². The van der Waals surface area contributed by atoms with Crippen LogP contribution >= 0.6 is 0 Å². The van der Waals surface area contributed by atoms with Crippen LogP contribution in [0.2, 0.25) is 0 Å². The fraction of sp³-hybridized carbons (Fsp3) is 0.296. The van der Waals surface area contributed by atoms with E-state index in [2.05, 4.69) is 186 Å². The van der Waals surface area contributed by atoms with Gasteiger partial charge in [0.15, 0.2) is 0 Å². The van der Waals surface area contributed by atoms with Crippen molar-refractivity contribution in [1.29, 1.82) is 0 Å². The van der Waals surface area contributed by atoms with Gasteiger partial charge in [-0.15, -0.1) is 0 Å². The number of benzene rings is 7. The van der Waals surface area contributed by atoms with E-state index >= 15 is 0 Å². The third-order valence-electron chi connectivity index (χ3n) is 12.6. The Morgan fingerprint density at radius 2 is 0.927 bits per heavy atom. The Morgan fingerprint density at radius 1 is 0.455 bits per heavy atom. The lowest BCUT2D eigenvalue weighted by molar-refractivity contribution is 0.590. The van der Waals surface area contributed by atoms with Crippen molar-refractivity contribution in [2.45, 2.75) is 107 Å². The second kappa shape index (κ2) is 13.4. The Bertz CT molecular complexity index is 2570. The summed E-state index contributed by atoms with van der Waals surface area (Å²) in [6.07, 6.45) is 2.04. The molecule has 0 saturated carbocycles. The highest BCUT2D eigenvalue weighted by atomic mass is 14.3. The van der Waals surface area contributed by atoms with E-state index in [1.807, 2.05) is 0 Å². The lowest BCUT2D eigenvalue weighted by Crippen LogP contribution is -2.57. The van der Waals surface area contributed by atoms with Crippen LogP contribution in [0.4, 0.5) is 0 Å². The molecule has 1 heteroatoms. The first kappa shape index (κ1) is 37.1. The molecule has 276 valence electrons. The largest absolute Gasteiger partial charge is 0.242 e. The van der Waals surface area contributed by atoms with Gasteiger partial charge in [-0.2, -0.15) is 0 Å². The van der Waals surface area contributed by atoms with E-state index in [1.165, 1.54) is 116 Å². The fourth-order valence-corrected chi connectivity index (χ4v) is 10.1. The average molecular weight is 717 g/mol. The molecule has 0 unspecified atom stereocenters. The number of rotatable bonds is 5. The zero-order valence-electron chi connectivity index (χ0n) is 35.3. The van der Waals surface area contributed by atoms with Gasteiger partial charge in [-0.3, -0.25) is 0 Å². The highest BCUT2D eigenvalue weighted by molar-refractivity contribution is 6.97. The van der Waals surface area contributed by atoms with Gasteiger partial charge >= 0.3 is 0 Å². The van der Waals surface area contributed by atoms with Crippen LogP contribution in [0.3, 0.4) is 0 Å². The molecule has 0 N–H and O–H groups in total. The maximum absolute atomic E-state index is 2.62. The van der Waals surface area contributed by atoms with Gasteiger partial charge in [0.1, 0.15) is 0 Å². The molecular weight excluding hydrogens is 659 g/mol. The highest BCUT2D eigenvalue weighted by Gasteiger charge is 2.34. The van der Waals surface area contributed by atoms with Crippen LogP contribution in [0.15, 0.2) is 103 Å². The van der Waals surface area contributed by atoms with Crippen molar-refractivity contribution in [2.75, 3.05) is 0 Å². The normalized spacial score (nSPS) is 12.9. The molecular formula is C54H57B. The molecule has 0 saturated heterocycles. The summed E-state index contributed by atoms with van der Waals surface area (Å²) in [5, 5.41) is 5.61. The molecule has 0 heterocycles. The van der Waals surface area contributed by atoms with E-state index < -0.39 is 0 Å². The molecule has 7 aromatic rings. The van der Waals surface area contributed by atoms with Gasteiger partial charge in [-0.25, -0.2) is 0 Å². The number of hydrogen-bond acceptors (Lipinski definition) is 0. The van der Waals surface area contributed by atoms with Crippen LogP contribution < -0.4 is 16.4 Å². The third-order valence-corrected chi connectivity index (χ3v) is 12.6.